The zero-order valence-electron chi connectivity index (χ0n) is 13.9. The molecule has 3 aromatic rings. The highest BCUT2D eigenvalue weighted by molar-refractivity contribution is 6.35. The molecule has 0 amide bonds. The Morgan fingerprint density at radius 2 is 1.20 bits per heavy atom. The average Bonchev–Trinajstić information content (AvgIpc) is 2.67. The Bertz CT molecular complexity index is 963. The van der Waals surface area contributed by atoms with E-state index in [0.29, 0.717) is 6.42 Å². The van der Waals surface area contributed by atoms with Gasteiger partial charge in [0, 0.05) is 17.6 Å². The molecular weight excluding hydrogens is 304 g/mol. The quantitative estimate of drug-likeness (QED) is 0.574. The van der Waals surface area contributed by atoms with E-state index in [-0.39, 0.29) is 5.78 Å². The van der Waals surface area contributed by atoms with E-state index in [1.165, 1.54) is 5.56 Å². The zero-order valence-corrected chi connectivity index (χ0v) is 13.9. The Kier molecular flexibility index (Phi) is 4.14. The summed E-state index contributed by atoms with van der Waals surface area (Å²) in [7, 11) is 0. The van der Waals surface area contributed by atoms with Gasteiger partial charge in [-0.2, -0.15) is 0 Å². The average molecular weight is 322 g/mol. The van der Waals surface area contributed by atoms with Crippen LogP contribution in [0.25, 0.3) is 17.7 Å². The van der Waals surface area contributed by atoms with Crippen molar-refractivity contribution in [2.75, 3.05) is 0 Å². The third-order valence-corrected chi connectivity index (χ3v) is 4.48. The summed E-state index contributed by atoms with van der Waals surface area (Å²) in [5.74, 6) is 0.117. The maximum absolute atomic E-state index is 13.2. The number of hydrogen-bond donors (Lipinski definition) is 0. The lowest BCUT2D eigenvalue weighted by Crippen LogP contribution is -2.15. The number of allylic oxidation sites excluding steroid dienone is 2. The van der Waals surface area contributed by atoms with Crippen molar-refractivity contribution in [1.82, 2.24) is 0 Å². The summed E-state index contributed by atoms with van der Waals surface area (Å²) in [5.41, 5.74) is 5.96. The van der Waals surface area contributed by atoms with Crippen LogP contribution in [0, 0.1) is 0 Å². The van der Waals surface area contributed by atoms with Crippen LogP contribution in [0.1, 0.15) is 22.3 Å². The molecule has 0 aromatic heterocycles. The molecule has 0 spiro atoms. The minimum Gasteiger partial charge on any atom is -0.289 e. The molecule has 1 heteroatoms. The van der Waals surface area contributed by atoms with Gasteiger partial charge >= 0.3 is 0 Å². The van der Waals surface area contributed by atoms with Crippen molar-refractivity contribution >= 4 is 23.5 Å². The molecule has 1 nitrogen and oxygen atoms in total. The molecule has 0 N–H and O–H groups in total. The van der Waals surface area contributed by atoms with Crippen molar-refractivity contribution in [3.8, 4) is 0 Å². The predicted octanol–water partition coefficient (Wildman–Crippen LogP) is 5.44. The smallest absolute Gasteiger partial charge is 0.189 e. The van der Waals surface area contributed by atoms with E-state index < -0.39 is 0 Å². The van der Waals surface area contributed by atoms with Crippen LogP contribution in [-0.4, -0.2) is 5.78 Å². The lowest BCUT2D eigenvalue weighted by Gasteiger charge is -2.21. The number of Topliss-reactive ketones (excluding diaryl/α,β-unsaturated/α-hetero) is 1. The SMILES string of the molecule is O=C1/C(=C/c2ccccc2)Cc2ccccc2/C1=C\c1ccccc1. The number of rotatable bonds is 2. The monoisotopic (exact) mass is 322 g/mol. The van der Waals surface area contributed by atoms with Crippen LogP contribution >= 0.6 is 0 Å². The molecule has 0 aliphatic heterocycles. The second-order valence-corrected chi connectivity index (χ2v) is 6.21. The van der Waals surface area contributed by atoms with Crippen molar-refractivity contribution < 1.29 is 4.79 Å². The van der Waals surface area contributed by atoms with E-state index >= 15 is 0 Å². The molecule has 0 heterocycles. The number of carbonyl (C=O) groups is 1. The first-order valence-corrected chi connectivity index (χ1v) is 8.46. The summed E-state index contributed by atoms with van der Waals surface area (Å²) in [6.45, 7) is 0. The summed E-state index contributed by atoms with van der Waals surface area (Å²) in [6.07, 6.45) is 4.69. The van der Waals surface area contributed by atoms with Crippen LogP contribution in [0.15, 0.2) is 90.5 Å². The predicted molar refractivity (Wildman–Crippen MR) is 104 cm³/mol. The molecule has 0 saturated heterocycles. The van der Waals surface area contributed by atoms with E-state index in [4.69, 9.17) is 0 Å². The first kappa shape index (κ1) is 15.3. The fourth-order valence-corrected chi connectivity index (χ4v) is 3.24. The molecular formula is C24H18O. The molecule has 3 aromatic carbocycles. The molecule has 120 valence electrons. The van der Waals surface area contributed by atoms with Gasteiger partial charge in [0.1, 0.15) is 0 Å². The van der Waals surface area contributed by atoms with Crippen LogP contribution in [-0.2, 0) is 11.2 Å². The normalized spacial score (nSPS) is 16.9. The largest absolute Gasteiger partial charge is 0.289 e. The Morgan fingerprint density at radius 3 is 1.88 bits per heavy atom. The Morgan fingerprint density at radius 1 is 0.640 bits per heavy atom. The third kappa shape index (κ3) is 3.22. The number of ketones is 1. The highest BCUT2D eigenvalue weighted by Gasteiger charge is 2.25. The lowest BCUT2D eigenvalue weighted by atomic mass is 9.81. The van der Waals surface area contributed by atoms with Gasteiger partial charge in [0.2, 0.25) is 0 Å². The van der Waals surface area contributed by atoms with Gasteiger partial charge in [-0.25, -0.2) is 0 Å². The van der Waals surface area contributed by atoms with Gasteiger partial charge < -0.3 is 0 Å². The van der Waals surface area contributed by atoms with E-state index in [0.717, 1.165) is 27.8 Å². The summed E-state index contributed by atoms with van der Waals surface area (Å²) in [4.78, 5) is 13.2. The number of benzene rings is 3. The van der Waals surface area contributed by atoms with Crippen LogP contribution in [0.5, 0.6) is 0 Å². The molecule has 1 aliphatic rings. The van der Waals surface area contributed by atoms with Crippen molar-refractivity contribution in [3.63, 3.8) is 0 Å². The fraction of sp³-hybridized carbons (Fsp3) is 0.0417. The summed E-state index contributed by atoms with van der Waals surface area (Å²) in [5, 5.41) is 0. The van der Waals surface area contributed by atoms with E-state index in [9.17, 15) is 4.79 Å². The van der Waals surface area contributed by atoms with E-state index in [1.807, 2.05) is 91.0 Å². The van der Waals surface area contributed by atoms with Crippen LogP contribution < -0.4 is 0 Å². The molecule has 0 bridgehead atoms. The second-order valence-electron chi connectivity index (χ2n) is 6.21. The van der Waals surface area contributed by atoms with Crippen molar-refractivity contribution in [3.05, 3.63) is 113 Å². The first-order chi connectivity index (χ1) is 12.3. The van der Waals surface area contributed by atoms with Crippen molar-refractivity contribution in [2.24, 2.45) is 0 Å². The minimum atomic E-state index is 0.117. The summed E-state index contributed by atoms with van der Waals surface area (Å²) >= 11 is 0. The maximum Gasteiger partial charge on any atom is 0.189 e. The van der Waals surface area contributed by atoms with E-state index in [1.54, 1.807) is 0 Å². The third-order valence-electron chi connectivity index (χ3n) is 4.48. The molecule has 0 radical (unpaired) electrons. The highest BCUT2D eigenvalue weighted by Crippen LogP contribution is 2.33. The molecule has 25 heavy (non-hydrogen) atoms. The van der Waals surface area contributed by atoms with Gasteiger partial charge in [0.05, 0.1) is 0 Å². The number of carbonyl (C=O) groups excluding carboxylic acids is 1. The molecule has 0 saturated carbocycles. The summed E-state index contributed by atoms with van der Waals surface area (Å²) in [6, 6.07) is 28.2. The minimum absolute atomic E-state index is 0.117. The van der Waals surface area contributed by atoms with Gasteiger partial charge in [0.25, 0.3) is 0 Å². The topological polar surface area (TPSA) is 17.1 Å². The zero-order chi connectivity index (χ0) is 17.1. The maximum atomic E-state index is 13.2. The fourth-order valence-electron chi connectivity index (χ4n) is 3.24. The standard InChI is InChI=1S/C24H18O/c25-24-21(15-18-9-3-1-4-10-18)17-20-13-7-8-14-22(20)23(24)16-19-11-5-2-6-12-19/h1-16H,17H2/b21-15+,23-16+. The van der Waals surface area contributed by atoms with Crippen molar-refractivity contribution in [2.45, 2.75) is 6.42 Å². The van der Waals surface area contributed by atoms with Crippen LogP contribution in [0.2, 0.25) is 0 Å². The van der Waals surface area contributed by atoms with E-state index in [2.05, 4.69) is 6.07 Å². The van der Waals surface area contributed by atoms with Gasteiger partial charge in [-0.3, -0.25) is 4.79 Å². The Balaban J connectivity index is 1.84. The number of fused-ring (bicyclic) bond motifs is 1. The van der Waals surface area contributed by atoms with Gasteiger partial charge in [-0.15, -0.1) is 0 Å². The van der Waals surface area contributed by atoms with Crippen LogP contribution in [0.4, 0.5) is 0 Å². The van der Waals surface area contributed by atoms with Crippen molar-refractivity contribution in [1.29, 1.82) is 0 Å². The Hall–Kier alpha value is -3.19. The van der Waals surface area contributed by atoms with Gasteiger partial charge in [-0.05, 0) is 34.4 Å². The number of hydrogen-bond acceptors (Lipinski definition) is 1. The van der Waals surface area contributed by atoms with Gasteiger partial charge in [-0.1, -0.05) is 84.9 Å². The summed E-state index contributed by atoms with van der Waals surface area (Å²) < 4.78 is 0. The molecule has 4 rings (SSSR count). The molecule has 0 fully saturated rings. The second kappa shape index (κ2) is 6.74. The van der Waals surface area contributed by atoms with Gasteiger partial charge in [0.15, 0.2) is 5.78 Å². The Labute approximate surface area is 148 Å². The lowest BCUT2D eigenvalue weighted by molar-refractivity contribution is -0.110. The molecule has 0 unspecified atom stereocenters. The molecule has 0 atom stereocenters. The first-order valence-electron chi connectivity index (χ1n) is 8.46. The highest BCUT2D eigenvalue weighted by atomic mass is 16.1. The van der Waals surface area contributed by atoms with Crippen LogP contribution in [0.3, 0.4) is 0 Å². The molecule has 1 aliphatic carbocycles.